The van der Waals surface area contributed by atoms with Crippen LogP contribution >= 0.6 is 11.6 Å². The summed E-state index contributed by atoms with van der Waals surface area (Å²) < 4.78 is 64.5. The Bertz CT molecular complexity index is 859. The van der Waals surface area contributed by atoms with E-state index in [2.05, 4.69) is 4.72 Å². The standard InChI is InChI=1S/C15H14ClF2NO4S/c1-22-9-3-6-13(23-2)14(7-9)24(20,21)19-8-10-12(17)5-4-11(16)15(10)18/h3-7,19H,8H2,1-2H3. The van der Waals surface area contributed by atoms with E-state index in [1.54, 1.807) is 0 Å². The van der Waals surface area contributed by atoms with Gasteiger partial charge in [0.15, 0.2) is 0 Å². The molecule has 0 aromatic heterocycles. The zero-order valence-electron chi connectivity index (χ0n) is 12.8. The zero-order chi connectivity index (χ0) is 17.9. The third-order valence-corrected chi connectivity index (χ3v) is 4.95. The second-order valence-electron chi connectivity index (χ2n) is 4.66. The number of hydrogen-bond acceptors (Lipinski definition) is 4. The Balaban J connectivity index is 2.35. The molecule has 130 valence electrons. The number of hydrogen-bond donors (Lipinski definition) is 1. The molecule has 1 N–H and O–H groups in total. The Morgan fingerprint density at radius 1 is 1.12 bits per heavy atom. The first-order valence-electron chi connectivity index (χ1n) is 6.64. The van der Waals surface area contributed by atoms with Gasteiger partial charge in [0.2, 0.25) is 10.0 Å². The van der Waals surface area contributed by atoms with Crippen molar-refractivity contribution in [3.63, 3.8) is 0 Å². The second-order valence-corrected chi connectivity index (χ2v) is 6.81. The molecular weight excluding hydrogens is 364 g/mol. The highest BCUT2D eigenvalue weighted by Gasteiger charge is 2.22. The van der Waals surface area contributed by atoms with Crippen LogP contribution in [0.3, 0.4) is 0 Å². The fraction of sp³-hybridized carbons (Fsp3) is 0.200. The summed E-state index contributed by atoms with van der Waals surface area (Å²) in [6, 6.07) is 6.18. The van der Waals surface area contributed by atoms with Gasteiger partial charge < -0.3 is 9.47 Å². The molecule has 2 rings (SSSR count). The van der Waals surface area contributed by atoms with Crippen LogP contribution in [0.5, 0.6) is 11.5 Å². The maximum atomic E-state index is 13.9. The molecule has 0 fully saturated rings. The van der Waals surface area contributed by atoms with Crippen molar-refractivity contribution in [2.45, 2.75) is 11.4 Å². The van der Waals surface area contributed by atoms with Gasteiger partial charge in [0.1, 0.15) is 28.0 Å². The quantitative estimate of drug-likeness (QED) is 0.786. The fourth-order valence-corrected chi connectivity index (χ4v) is 3.32. The molecule has 0 aliphatic heterocycles. The minimum absolute atomic E-state index is 0.0651. The summed E-state index contributed by atoms with van der Waals surface area (Å²) in [6.07, 6.45) is 0. The molecule has 0 heterocycles. The maximum absolute atomic E-state index is 13.9. The number of methoxy groups -OCH3 is 2. The van der Waals surface area contributed by atoms with Crippen LogP contribution in [0.1, 0.15) is 5.56 Å². The van der Waals surface area contributed by atoms with Crippen molar-refractivity contribution < 1.29 is 26.7 Å². The number of benzene rings is 2. The van der Waals surface area contributed by atoms with Crippen LogP contribution in [-0.2, 0) is 16.6 Å². The zero-order valence-corrected chi connectivity index (χ0v) is 14.3. The topological polar surface area (TPSA) is 64.6 Å². The Hall–Kier alpha value is -1.90. The molecular formula is C15H14ClF2NO4S. The van der Waals surface area contributed by atoms with Crippen LogP contribution in [0.15, 0.2) is 35.2 Å². The Morgan fingerprint density at radius 3 is 2.46 bits per heavy atom. The molecule has 0 amide bonds. The molecule has 0 atom stereocenters. The van der Waals surface area contributed by atoms with Gasteiger partial charge in [-0.25, -0.2) is 21.9 Å². The predicted octanol–water partition coefficient (Wildman–Crippen LogP) is 3.11. The van der Waals surface area contributed by atoms with E-state index in [1.165, 1.54) is 32.4 Å². The molecule has 2 aromatic carbocycles. The minimum Gasteiger partial charge on any atom is -0.497 e. The minimum atomic E-state index is -4.11. The molecule has 0 aliphatic carbocycles. The predicted molar refractivity (Wildman–Crippen MR) is 84.9 cm³/mol. The normalized spacial score (nSPS) is 11.4. The molecule has 9 heteroatoms. The molecule has 0 bridgehead atoms. The Labute approximate surface area is 143 Å². The maximum Gasteiger partial charge on any atom is 0.244 e. The molecule has 0 saturated carbocycles. The van der Waals surface area contributed by atoms with Crippen LogP contribution in [0.2, 0.25) is 5.02 Å². The number of ether oxygens (including phenoxy) is 2. The van der Waals surface area contributed by atoms with Crippen molar-refractivity contribution in [3.8, 4) is 11.5 Å². The average molecular weight is 378 g/mol. The first-order valence-corrected chi connectivity index (χ1v) is 8.50. The van der Waals surface area contributed by atoms with Crippen molar-refractivity contribution in [1.82, 2.24) is 4.72 Å². The van der Waals surface area contributed by atoms with E-state index in [1.807, 2.05) is 0 Å². The summed E-state index contributed by atoms with van der Waals surface area (Å²) >= 11 is 5.58. The number of sulfonamides is 1. The van der Waals surface area contributed by atoms with E-state index in [-0.39, 0.29) is 21.4 Å². The van der Waals surface area contributed by atoms with E-state index < -0.39 is 33.8 Å². The largest absolute Gasteiger partial charge is 0.497 e. The molecule has 2 aromatic rings. The van der Waals surface area contributed by atoms with Gasteiger partial charge in [-0.3, -0.25) is 0 Å². The van der Waals surface area contributed by atoms with E-state index in [0.717, 1.165) is 12.1 Å². The van der Waals surface area contributed by atoms with Crippen molar-refractivity contribution >= 4 is 21.6 Å². The molecule has 5 nitrogen and oxygen atoms in total. The van der Waals surface area contributed by atoms with Crippen molar-refractivity contribution in [1.29, 1.82) is 0 Å². The molecule has 0 aliphatic rings. The van der Waals surface area contributed by atoms with Gasteiger partial charge in [-0.2, -0.15) is 0 Å². The molecule has 0 spiro atoms. The highest BCUT2D eigenvalue weighted by Crippen LogP contribution is 2.28. The van der Waals surface area contributed by atoms with Crippen LogP contribution < -0.4 is 14.2 Å². The van der Waals surface area contributed by atoms with E-state index in [0.29, 0.717) is 0 Å². The van der Waals surface area contributed by atoms with Gasteiger partial charge in [0.25, 0.3) is 0 Å². The molecule has 0 saturated heterocycles. The van der Waals surface area contributed by atoms with Crippen LogP contribution in [0.25, 0.3) is 0 Å². The molecule has 0 radical (unpaired) electrons. The summed E-state index contributed by atoms with van der Waals surface area (Å²) in [5.74, 6) is -1.57. The number of rotatable bonds is 6. The van der Waals surface area contributed by atoms with Gasteiger partial charge >= 0.3 is 0 Å². The first-order chi connectivity index (χ1) is 11.3. The van der Waals surface area contributed by atoms with E-state index in [9.17, 15) is 17.2 Å². The third kappa shape index (κ3) is 3.77. The van der Waals surface area contributed by atoms with Crippen molar-refractivity contribution in [3.05, 3.63) is 52.6 Å². The number of halogens is 3. The lowest BCUT2D eigenvalue weighted by Crippen LogP contribution is -2.25. The Morgan fingerprint density at radius 2 is 1.83 bits per heavy atom. The monoisotopic (exact) mass is 377 g/mol. The van der Waals surface area contributed by atoms with Crippen LogP contribution in [-0.4, -0.2) is 22.6 Å². The van der Waals surface area contributed by atoms with Crippen LogP contribution in [0, 0.1) is 11.6 Å². The lowest BCUT2D eigenvalue weighted by molar-refractivity contribution is 0.392. The van der Waals surface area contributed by atoms with Gasteiger partial charge in [-0.15, -0.1) is 0 Å². The fourth-order valence-electron chi connectivity index (χ4n) is 1.97. The summed E-state index contributed by atoms with van der Waals surface area (Å²) in [4.78, 5) is -0.216. The lowest BCUT2D eigenvalue weighted by atomic mass is 10.2. The second kappa shape index (κ2) is 7.33. The SMILES string of the molecule is COc1ccc(OC)c(S(=O)(=O)NCc2c(F)ccc(Cl)c2F)c1. The van der Waals surface area contributed by atoms with Gasteiger partial charge in [0.05, 0.1) is 19.2 Å². The first kappa shape index (κ1) is 18.4. The third-order valence-electron chi connectivity index (χ3n) is 3.24. The Kier molecular flexibility index (Phi) is 5.63. The molecule has 0 unspecified atom stereocenters. The smallest absolute Gasteiger partial charge is 0.244 e. The van der Waals surface area contributed by atoms with E-state index >= 15 is 0 Å². The summed E-state index contributed by atoms with van der Waals surface area (Å²) in [5, 5.41) is -0.301. The van der Waals surface area contributed by atoms with Gasteiger partial charge in [-0.1, -0.05) is 11.6 Å². The highest BCUT2D eigenvalue weighted by molar-refractivity contribution is 7.89. The molecule has 24 heavy (non-hydrogen) atoms. The summed E-state index contributed by atoms with van der Waals surface area (Å²) in [5.41, 5.74) is -0.479. The van der Waals surface area contributed by atoms with Crippen molar-refractivity contribution in [2.75, 3.05) is 14.2 Å². The van der Waals surface area contributed by atoms with E-state index in [4.69, 9.17) is 21.1 Å². The highest BCUT2D eigenvalue weighted by atomic mass is 35.5. The van der Waals surface area contributed by atoms with Crippen LogP contribution in [0.4, 0.5) is 8.78 Å². The van der Waals surface area contributed by atoms with Gasteiger partial charge in [-0.05, 0) is 24.3 Å². The van der Waals surface area contributed by atoms with Crippen molar-refractivity contribution in [2.24, 2.45) is 0 Å². The van der Waals surface area contributed by atoms with Gasteiger partial charge in [0, 0.05) is 18.2 Å². The average Bonchev–Trinajstić information content (AvgIpc) is 2.57. The number of nitrogens with one attached hydrogen (secondary N) is 1. The summed E-state index contributed by atoms with van der Waals surface area (Å²) in [7, 11) is -1.43. The lowest BCUT2D eigenvalue weighted by Gasteiger charge is -2.13. The summed E-state index contributed by atoms with van der Waals surface area (Å²) in [6.45, 7) is -0.610.